The number of nitrogens with one attached hydrogen (secondary N) is 1. The van der Waals surface area contributed by atoms with Crippen molar-refractivity contribution in [2.75, 3.05) is 19.8 Å². The number of ether oxygens (including phenoxy) is 1. The largest absolute Gasteiger partial charge is 0.411 e. The van der Waals surface area contributed by atoms with Crippen LogP contribution in [0.25, 0.3) is 0 Å². The number of primary amides is 1. The van der Waals surface area contributed by atoms with Crippen molar-refractivity contribution < 1.29 is 22.7 Å². The van der Waals surface area contributed by atoms with Crippen LogP contribution in [0.1, 0.15) is 20.3 Å². The van der Waals surface area contributed by atoms with Crippen LogP contribution in [0.3, 0.4) is 0 Å². The van der Waals surface area contributed by atoms with Crippen LogP contribution in [-0.2, 0) is 9.53 Å². The molecule has 0 saturated heterocycles. The van der Waals surface area contributed by atoms with Crippen LogP contribution in [0.15, 0.2) is 0 Å². The van der Waals surface area contributed by atoms with E-state index < -0.39 is 30.8 Å². The predicted molar refractivity (Wildman–Crippen MR) is 52.8 cm³/mol. The summed E-state index contributed by atoms with van der Waals surface area (Å²) in [5.74, 6) is -0.733. The summed E-state index contributed by atoms with van der Waals surface area (Å²) in [5, 5.41) is 2.76. The van der Waals surface area contributed by atoms with Crippen molar-refractivity contribution in [1.29, 1.82) is 0 Å². The summed E-state index contributed by atoms with van der Waals surface area (Å²) >= 11 is 0. The molecule has 0 spiro atoms. The Hall–Kier alpha value is -0.820. The van der Waals surface area contributed by atoms with Gasteiger partial charge in [-0.15, -0.1) is 0 Å². The molecule has 0 radical (unpaired) electrons. The van der Waals surface area contributed by atoms with Crippen molar-refractivity contribution in [2.45, 2.75) is 32.0 Å². The zero-order valence-corrected chi connectivity index (χ0v) is 9.36. The van der Waals surface area contributed by atoms with Gasteiger partial charge < -0.3 is 15.8 Å². The minimum Gasteiger partial charge on any atom is -0.370 e. The summed E-state index contributed by atoms with van der Waals surface area (Å²) in [4.78, 5) is 11.1. The summed E-state index contributed by atoms with van der Waals surface area (Å²) in [5.41, 5.74) is 3.84. The number of alkyl halides is 3. The lowest BCUT2D eigenvalue weighted by Crippen LogP contribution is -2.56. The molecule has 0 heterocycles. The number of nitrogens with two attached hydrogens (primary N) is 1. The Morgan fingerprint density at radius 3 is 2.31 bits per heavy atom. The lowest BCUT2D eigenvalue weighted by molar-refractivity contribution is -0.179. The number of hydrogen-bond acceptors (Lipinski definition) is 3. The Labute approximate surface area is 92.3 Å². The van der Waals surface area contributed by atoms with Gasteiger partial charge in [0, 0.05) is 0 Å². The normalized spacial score (nSPS) is 15.8. The van der Waals surface area contributed by atoms with Crippen molar-refractivity contribution in [1.82, 2.24) is 5.32 Å². The molecule has 4 nitrogen and oxygen atoms in total. The van der Waals surface area contributed by atoms with E-state index in [2.05, 4.69) is 10.1 Å². The predicted octanol–water partition coefficient (Wildman–Crippen LogP) is 0.809. The Morgan fingerprint density at radius 1 is 1.38 bits per heavy atom. The molecule has 0 saturated carbocycles. The van der Waals surface area contributed by atoms with Crippen molar-refractivity contribution in [2.24, 2.45) is 5.73 Å². The molecule has 0 fully saturated rings. The lowest BCUT2D eigenvalue weighted by Gasteiger charge is -2.27. The molecule has 7 heteroatoms. The van der Waals surface area contributed by atoms with E-state index >= 15 is 0 Å². The zero-order chi connectivity index (χ0) is 12.8. The molecule has 1 amide bonds. The van der Waals surface area contributed by atoms with Crippen molar-refractivity contribution in [3.63, 3.8) is 0 Å². The highest BCUT2D eigenvalue weighted by atomic mass is 19.4. The fourth-order valence-electron chi connectivity index (χ4n) is 0.981. The first-order valence-corrected chi connectivity index (χ1v) is 4.90. The standard InChI is InChI=1S/C9H17F3N2O2/c1-3-4-14-8(2,7(13)15)5-16-6-9(10,11)12/h14H,3-6H2,1-2H3,(H2,13,15). The molecule has 16 heavy (non-hydrogen) atoms. The van der Waals surface area contributed by atoms with Crippen LogP contribution in [0.2, 0.25) is 0 Å². The van der Waals surface area contributed by atoms with Gasteiger partial charge in [0.05, 0.1) is 6.61 Å². The number of carbonyl (C=O) groups excluding carboxylic acids is 1. The van der Waals surface area contributed by atoms with E-state index in [-0.39, 0.29) is 0 Å². The van der Waals surface area contributed by atoms with Gasteiger partial charge in [-0.1, -0.05) is 6.92 Å². The maximum atomic E-state index is 11.8. The number of hydrogen-bond donors (Lipinski definition) is 2. The van der Waals surface area contributed by atoms with Gasteiger partial charge in [0.25, 0.3) is 0 Å². The summed E-state index contributed by atoms with van der Waals surface area (Å²) in [6, 6.07) is 0. The van der Waals surface area contributed by atoms with E-state index in [0.717, 1.165) is 6.42 Å². The molecule has 0 aliphatic rings. The van der Waals surface area contributed by atoms with Crippen molar-refractivity contribution in [3.8, 4) is 0 Å². The second-order valence-electron chi connectivity index (χ2n) is 3.73. The Kier molecular flexibility index (Phi) is 5.74. The highest BCUT2D eigenvalue weighted by molar-refractivity contribution is 5.84. The summed E-state index contributed by atoms with van der Waals surface area (Å²) in [6.07, 6.45) is -3.66. The van der Waals surface area contributed by atoms with E-state index in [1.54, 1.807) is 0 Å². The smallest absolute Gasteiger partial charge is 0.370 e. The number of carbonyl (C=O) groups is 1. The highest BCUT2D eigenvalue weighted by Crippen LogP contribution is 2.15. The zero-order valence-electron chi connectivity index (χ0n) is 9.36. The van der Waals surface area contributed by atoms with Gasteiger partial charge in [-0.25, -0.2) is 0 Å². The summed E-state index contributed by atoms with van der Waals surface area (Å²) < 4.78 is 39.9. The van der Waals surface area contributed by atoms with Crippen LogP contribution in [0.5, 0.6) is 0 Å². The second kappa shape index (κ2) is 6.05. The molecule has 96 valence electrons. The minimum absolute atomic E-state index is 0.401. The first-order valence-electron chi connectivity index (χ1n) is 4.90. The maximum absolute atomic E-state index is 11.8. The second-order valence-corrected chi connectivity index (χ2v) is 3.73. The summed E-state index contributed by atoms with van der Waals surface area (Å²) in [7, 11) is 0. The molecule has 0 aromatic rings. The average Bonchev–Trinajstić information content (AvgIpc) is 2.12. The number of rotatable bonds is 7. The van der Waals surface area contributed by atoms with Crippen LogP contribution < -0.4 is 11.1 Å². The average molecular weight is 242 g/mol. The maximum Gasteiger partial charge on any atom is 0.411 e. The topological polar surface area (TPSA) is 64.3 Å². The Morgan fingerprint density at radius 2 is 1.94 bits per heavy atom. The van der Waals surface area contributed by atoms with Crippen LogP contribution in [-0.4, -0.2) is 37.4 Å². The Bertz CT molecular complexity index is 233. The van der Waals surface area contributed by atoms with Gasteiger partial charge in [-0.05, 0) is 19.9 Å². The number of halogens is 3. The molecule has 0 aromatic heterocycles. The van der Waals surface area contributed by atoms with Crippen molar-refractivity contribution >= 4 is 5.91 Å². The Balaban J connectivity index is 4.18. The SMILES string of the molecule is CCCNC(C)(COCC(F)(F)F)C(N)=O. The van der Waals surface area contributed by atoms with Crippen molar-refractivity contribution in [3.05, 3.63) is 0 Å². The molecule has 1 atom stereocenters. The fourth-order valence-corrected chi connectivity index (χ4v) is 0.981. The molecule has 1 unspecified atom stereocenters. The van der Waals surface area contributed by atoms with E-state index in [9.17, 15) is 18.0 Å². The third-order valence-electron chi connectivity index (χ3n) is 1.97. The monoisotopic (exact) mass is 242 g/mol. The van der Waals surface area contributed by atoms with E-state index in [4.69, 9.17) is 5.73 Å². The number of amides is 1. The van der Waals surface area contributed by atoms with Gasteiger partial charge in [0.2, 0.25) is 5.91 Å². The van der Waals surface area contributed by atoms with Gasteiger partial charge in [0.1, 0.15) is 12.1 Å². The highest BCUT2D eigenvalue weighted by Gasteiger charge is 2.34. The molecule has 3 N–H and O–H groups in total. The van der Waals surface area contributed by atoms with E-state index in [0.29, 0.717) is 6.54 Å². The van der Waals surface area contributed by atoms with Crippen LogP contribution in [0.4, 0.5) is 13.2 Å². The van der Waals surface area contributed by atoms with Gasteiger partial charge >= 0.3 is 6.18 Å². The molecular weight excluding hydrogens is 225 g/mol. The first-order chi connectivity index (χ1) is 7.21. The molecule has 0 rings (SSSR count). The van der Waals surface area contributed by atoms with Crippen LogP contribution >= 0.6 is 0 Å². The fraction of sp³-hybridized carbons (Fsp3) is 0.889. The van der Waals surface area contributed by atoms with Gasteiger partial charge in [-0.3, -0.25) is 4.79 Å². The van der Waals surface area contributed by atoms with E-state index in [1.165, 1.54) is 6.92 Å². The molecule has 0 aromatic carbocycles. The summed E-state index contributed by atoms with van der Waals surface area (Å²) in [6.45, 7) is 1.98. The van der Waals surface area contributed by atoms with E-state index in [1.807, 2.05) is 6.92 Å². The van der Waals surface area contributed by atoms with Gasteiger partial charge in [0.15, 0.2) is 0 Å². The van der Waals surface area contributed by atoms with Gasteiger partial charge in [-0.2, -0.15) is 13.2 Å². The quantitative estimate of drug-likeness (QED) is 0.694. The lowest BCUT2D eigenvalue weighted by atomic mass is 10.0. The first kappa shape index (κ1) is 15.2. The molecule has 0 aliphatic heterocycles. The molecular formula is C9H17F3N2O2. The third-order valence-corrected chi connectivity index (χ3v) is 1.97. The van der Waals surface area contributed by atoms with Crippen LogP contribution in [0, 0.1) is 0 Å². The third kappa shape index (κ3) is 5.92. The minimum atomic E-state index is -4.40. The molecule has 0 aliphatic carbocycles. The molecule has 0 bridgehead atoms.